The quantitative estimate of drug-likeness (QED) is 0.541. The largest absolute Gasteiger partial charge is 0.503 e. The Morgan fingerprint density at radius 1 is 0.862 bits per heavy atom. The van der Waals surface area contributed by atoms with Crippen molar-refractivity contribution < 1.29 is 14.7 Å². The van der Waals surface area contributed by atoms with Gasteiger partial charge < -0.3 is 5.11 Å². The smallest absolute Gasteiger partial charge is 0.294 e. The van der Waals surface area contributed by atoms with Crippen LogP contribution in [0.25, 0.3) is 0 Å². The van der Waals surface area contributed by atoms with Crippen molar-refractivity contribution in [1.82, 2.24) is 0 Å². The summed E-state index contributed by atoms with van der Waals surface area (Å²) < 4.78 is 0. The van der Waals surface area contributed by atoms with Crippen LogP contribution in [-0.2, 0) is 4.79 Å². The Balaban J connectivity index is 1.90. The second-order valence-corrected chi connectivity index (χ2v) is 7.38. The SMILES string of the molecule is O=C(C1=C(O)C(=O)N(c2ccccc2)C1c1ccc(Cl)cc1)c1ccccc1Cl. The van der Waals surface area contributed by atoms with Crippen molar-refractivity contribution in [3.63, 3.8) is 0 Å². The molecule has 6 heteroatoms. The lowest BCUT2D eigenvalue weighted by Crippen LogP contribution is -2.31. The molecule has 4 rings (SSSR count). The number of rotatable bonds is 4. The van der Waals surface area contributed by atoms with Gasteiger partial charge in [0.2, 0.25) is 0 Å². The van der Waals surface area contributed by atoms with Gasteiger partial charge in [0, 0.05) is 16.3 Å². The van der Waals surface area contributed by atoms with Crippen LogP contribution in [0.2, 0.25) is 10.0 Å². The fourth-order valence-electron chi connectivity index (χ4n) is 3.44. The number of aliphatic hydroxyl groups excluding tert-OH is 1. The van der Waals surface area contributed by atoms with E-state index in [-0.39, 0.29) is 16.2 Å². The van der Waals surface area contributed by atoms with Gasteiger partial charge in [-0.3, -0.25) is 14.5 Å². The average molecular weight is 424 g/mol. The number of hydrogen-bond donors (Lipinski definition) is 1. The molecule has 0 bridgehead atoms. The third-order valence-corrected chi connectivity index (χ3v) is 5.37. The summed E-state index contributed by atoms with van der Waals surface area (Å²) in [6, 6.07) is 21.4. The van der Waals surface area contributed by atoms with E-state index in [1.165, 1.54) is 4.90 Å². The molecule has 29 heavy (non-hydrogen) atoms. The molecule has 0 radical (unpaired) electrons. The summed E-state index contributed by atoms with van der Waals surface area (Å²) in [5.74, 6) is -1.73. The van der Waals surface area contributed by atoms with Crippen molar-refractivity contribution in [3.8, 4) is 0 Å². The maximum absolute atomic E-state index is 13.3. The summed E-state index contributed by atoms with van der Waals surface area (Å²) in [4.78, 5) is 27.7. The van der Waals surface area contributed by atoms with Crippen LogP contribution in [0.5, 0.6) is 0 Å². The normalized spacial score (nSPS) is 16.4. The fourth-order valence-corrected chi connectivity index (χ4v) is 3.79. The maximum atomic E-state index is 13.3. The van der Waals surface area contributed by atoms with Crippen molar-refractivity contribution >= 4 is 40.6 Å². The Labute approximate surface area is 177 Å². The topological polar surface area (TPSA) is 57.6 Å². The van der Waals surface area contributed by atoms with Crippen molar-refractivity contribution in [2.75, 3.05) is 4.90 Å². The maximum Gasteiger partial charge on any atom is 0.294 e. The van der Waals surface area contributed by atoms with Gasteiger partial charge in [-0.2, -0.15) is 0 Å². The number of amides is 1. The highest BCUT2D eigenvalue weighted by atomic mass is 35.5. The molecular weight excluding hydrogens is 409 g/mol. The van der Waals surface area contributed by atoms with Gasteiger partial charge in [0.15, 0.2) is 11.5 Å². The first-order valence-electron chi connectivity index (χ1n) is 8.85. The number of ketones is 1. The first-order chi connectivity index (χ1) is 14.0. The van der Waals surface area contributed by atoms with Crippen molar-refractivity contribution in [3.05, 3.63) is 111 Å². The monoisotopic (exact) mass is 423 g/mol. The zero-order chi connectivity index (χ0) is 20.5. The van der Waals surface area contributed by atoms with E-state index in [1.807, 2.05) is 6.07 Å². The van der Waals surface area contributed by atoms with Gasteiger partial charge in [0.25, 0.3) is 5.91 Å². The number of Topliss-reactive ketones (excluding diaryl/α,β-unsaturated/α-hetero) is 1. The van der Waals surface area contributed by atoms with Gasteiger partial charge in [-0.25, -0.2) is 0 Å². The molecule has 0 saturated heterocycles. The molecule has 1 unspecified atom stereocenters. The first kappa shape index (κ1) is 19.2. The average Bonchev–Trinajstić information content (AvgIpc) is 3.00. The molecule has 0 saturated carbocycles. The molecule has 3 aromatic rings. The van der Waals surface area contributed by atoms with E-state index in [2.05, 4.69) is 0 Å². The van der Waals surface area contributed by atoms with Crippen LogP contribution >= 0.6 is 23.2 Å². The van der Waals surface area contributed by atoms with Gasteiger partial charge in [0.1, 0.15) is 0 Å². The van der Waals surface area contributed by atoms with Crippen LogP contribution in [0.15, 0.2) is 90.2 Å². The van der Waals surface area contributed by atoms with Gasteiger partial charge in [-0.05, 0) is 42.0 Å². The number of para-hydroxylation sites is 1. The summed E-state index contributed by atoms with van der Waals surface area (Å²) >= 11 is 12.2. The van der Waals surface area contributed by atoms with E-state index in [4.69, 9.17) is 23.2 Å². The van der Waals surface area contributed by atoms with Crippen LogP contribution in [0, 0.1) is 0 Å². The molecule has 144 valence electrons. The number of nitrogens with zero attached hydrogens (tertiary/aromatic N) is 1. The van der Waals surface area contributed by atoms with Gasteiger partial charge in [-0.1, -0.05) is 65.7 Å². The molecule has 3 aromatic carbocycles. The lowest BCUT2D eigenvalue weighted by Gasteiger charge is -2.27. The Morgan fingerprint density at radius 2 is 1.48 bits per heavy atom. The number of aliphatic hydroxyl groups is 1. The molecule has 4 nitrogen and oxygen atoms in total. The second kappa shape index (κ2) is 7.74. The summed E-state index contributed by atoms with van der Waals surface area (Å²) in [7, 11) is 0. The van der Waals surface area contributed by atoms with Crippen LogP contribution in [0.4, 0.5) is 5.69 Å². The van der Waals surface area contributed by atoms with E-state index in [9.17, 15) is 14.7 Å². The molecule has 0 fully saturated rings. The van der Waals surface area contributed by atoms with E-state index < -0.39 is 23.5 Å². The van der Waals surface area contributed by atoms with Crippen molar-refractivity contribution in [1.29, 1.82) is 0 Å². The Kier molecular flexibility index (Phi) is 5.14. The van der Waals surface area contributed by atoms with Crippen LogP contribution in [0.3, 0.4) is 0 Å². The van der Waals surface area contributed by atoms with Crippen molar-refractivity contribution in [2.24, 2.45) is 0 Å². The van der Waals surface area contributed by atoms with Crippen LogP contribution in [-0.4, -0.2) is 16.8 Å². The zero-order valence-electron chi connectivity index (χ0n) is 15.0. The zero-order valence-corrected chi connectivity index (χ0v) is 16.6. The molecule has 1 amide bonds. The summed E-state index contributed by atoms with van der Waals surface area (Å²) in [5, 5.41) is 11.5. The minimum absolute atomic E-state index is 0.0192. The van der Waals surface area contributed by atoms with Gasteiger partial charge in [-0.15, -0.1) is 0 Å². The van der Waals surface area contributed by atoms with Crippen LogP contribution < -0.4 is 4.90 Å². The van der Waals surface area contributed by atoms with E-state index in [0.717, 1.165) is 0 Å². The Morgan fingerprint density at radius 3 is 2.14 bits per heavy atom. The predicted octanol–water partition coefficient (Wildman–Crippen LogP) is 5.78. The highest BCUT2D eigenvalue weighted by molar-refractivity contribution is 6.35. The molecule has 0 spiro atoms. The molecule has 1 atom stereocenters. The molecule has 1 heterocycles. The number of halogens is 2. The molecular formula is C23H15Cl2NO3. The second-order valence-electron chi connectivity index (χ2n) is 6.54. The number of benzene rings is 3. The molecule has 0 aliphatic carbocycles. The Bertz CT molecular complexity index is 1120. The standard InChI is InChI=1S/C23H15Cl2NO3/c24-15-12-10-14(11-13-15)20-19(21(27)17-8-4-5-9-18(17)25)22(28)23(29)26(20)16-6-2-1-3-7-16/h1-13,20,28H. The van der Waals surface area contributed by atoms with Gasteiger partial charge >= 0.3 is 0 Å². The summed E-state index contributed by atoms with van der Waals surface area (Å²) in [5.41, 5.74) is 1.41. The molecule has 1 aliphatic rings. The van der Waals surface area contributed by atoms with E-state index >= 15 is 0 Å². The Hall–Kier alpha value is -3.08. The van der Waals surface area contributed by atoms with Crippen molar-refractivity contribution in [2.45, 2.75) is 6.04 Å². The number of hydrogen-bond acceptors (Lipinski definition) is 3. The lowest BCUT2D eigenvalue weighted by molar-refractivity contribution is -0.117. The summed E-state index contributed by atoms with van der Waals surface area (Å²) in [6.45, 7) is 0. The third kappa shape index (κ3) is 3.41. The third-order valence-electron chi connectivity index (χ3n) is 4.79. The van der Waals surface area contributed by atoms with E-state index in [0.29, 0.717) is 16.3 Å². The van der Waals surface area contributed by atoms with Gasteiger partial charge in [0.05, 0.1) is 16.6 Å². The minimum Gasteiger partial charge on any atom is -0.503 e. The highest BCUT2D eigenvalue weighted by Crippen LogP contribution is 2.42. The first-order valence-corrected chi connectivity index (χ1v) is 9.61. The fraction of sp³-hybridized carbons (Fsp3) is 0.0435. The molecule has 1 N–H and O–H groups in total. The summed E-state index contributed by atoms with van der Waals surface area (Å²) in [6.07, 6.45) is 0. The number of carbonyl (C=O) groups is 2. The lowest BCUT2D eigenvalue weighted by atomic mass is 9.92. The predicted molar refractivity (Wildman–Crippen MR) is 114 cm³/mol. The molecule has 1 aliphatic heterocycles. The van der Waals surface area contributed by atoms with E-state index in [1.54, 1.807) is 72.8 Å². The molecule has 0 aromatic heterocycles. The number of anilines is 1. The highest BCUT2D eigenvalue weighted by Gasteiger charge is 2.44. The van der Waals surface area contributed by atoms with Crippen LogP contribution in [0.1, 0.15) is 22.0 Å². The minimum atomic E-state index is -0.814. The number of carbonyl (C=O) groups excluding carboxylic acids is 2.